The van der Waals surface area contributed by atoms with Crippen molar-refractivity contribution in [1.82, 2.24) is 9.97 Å². The Morgan fingerprint density at radius 3 is 2.64 bits per heavy atom. The Bertz CT molecular complexity index is 1080. The molecule has 0 radical (unpaired) electrons. The lowest BCUT2D eigenvalue weighted by atomic mass is 10.2. The van der Waals surface area contributed by atoms with Crippen molar-refractivity contribution >= 4 is 56.1 Å². The average molecular weight is 380 g/mol. The third kappa shape index (κ3) is 3.33. The van der Waals surface area contributed by atoms with E-state index in [9.17, 15) is 5.26 Å². The van der Waals surface area contributed by atoms with Gasteiger partial charge in [0.25, 0.3) is 0 Å². The molecule has 2 aromatic heterocycles. The van der Waals surface area contributed by atoms with Crippen molar-refractivity contribution in [1.29, 1.82) is 5.26 Å². The second-order valence-electron chi connectivity index (χ2n) is 5.24. The lowest BCUT2D eigenvalue weighted by molar-refractivity contribution is 1.37. The molecule has 0 unspecified atom stereocenters. The quantitative estimate of drug-likeness (QED) is 0.402. The molecule has 2 heterocycles. The molecule has 0 N–H and O–H groups in total. The number of hydrogen-bond donors (Lipinski definition) is 0. The van der Waals surface area contributed by atoms with Gasteiger partial charge >= 0.3 is 0 Å². The summed E-state index contributed by atoms with van der Waals surface area (Å²) >= 11 is 8.97. The summed E-state index contributed by atoms with van der Waals surface area (Å²) < 4.78 is 1.07. The Balaban J connectivity index is 1.69. The minimum atomic E-state index is 0.522. The van der Waals surface area contributed by atoms with Crippen LogP contribution in [0.25, 0.3) is 32.4 Å². The molecule has 0 bridgehead atoms. The van der Waals surface area contributed by atoms with Gasteiger partial charge in [0.2, 0.25) is 0 Å². The molecule has 0 saturated heterocycles. The van der Waals surface area contributed by atoms with Crippen LogP contribution in [-0.4, -0.2) is 9.97 Å². The Morgan fingerprint density at radius 2 is 1.88 bits per heavy atom. The molecule has 0 aliphatic carbocycles. The third-order valence-electron chi connectivity index (χ3n) is 3.55. The molecule has 6 heteroatoms. The Hall–Kier alpha value is -2.52. The first-order valence-corrected chi connectivity index (χ1v) is 9.49. The molecule has 0 aliphatic rings. The molecule has 0 fully saturated rings. The molecule has 0 spiro atoms. The molecule has 2 aromatic carbocycles. The van der Waals surface area contributed by atoms with E-state index in [4.69, 9.17) is 11.6 Å². The lowest BCUT2D eigenvalue weighted by Gasteiger charge is -1.95. The van der Waals surface area contributed by atoms with E-state index in [1.54, 1.807) is 6.08 Å². The van der Waals surface area contributed by atoms with Gasteiger partial charge in [-0.05, 0) is 30.3 Å². The number of aromatic nitrogens is 2. The molecule has 0 aliphatic heterocycles. The van der Waals surface area contributed by atoms with Gasteiger partial charge in [0.1, 0.15) is 16.1 Å². The fourth-order valence-electron chi connectivity index (χ4n) is 2.35. The second-order valence-corrected chi connectivity index (χ2v) is 7.57. The van der Waals surface area contributed by atoms with Crippen LogP contribution in [0.3, 0.4) is 0 Å². The first-order chi connectivity index (χ1) is 12.2. The summed E-state index contributed by atoms with van der Waals surface area (Å²) in [6, 6.07) is 17.7. The fraction of sp³-hybridized carbons (Fsp3) is 0. The number of allylic oxidation sites excluding steroid dienone is 1. The summed E-state index contributed by atoms with van der Waals surface area (Å²) in [5.74, 6) is 0. The van der Waals surface area contributed by atoms with Crippen LogP contribution in [0.5, 0.6) is 0 Å². The predicted molar refractivity (Wildman–Crippen MR) is 106 cm³/mol. The molecule has 0 atom stereocenters. The van der Waals surface area contributed by atoms with Gasteiger partial charge in [0.15, 0.2) is 0 Å². The van der Waals surface area contributed by atoms with E-state index < -0.39 is 0 Å². The molecule has 0 amide bonds. The highest BCUT2D eigenvalue weighted by Crippen LogP contribution is 2.30. The van der Waals surface area contributed by atoms with E-state index in [1.807, 2.05) is 53.9 Å². The molecule has 120 valence electrons. The number of hydrogen-bond acceptors (Lipinski definition) is 5. The van der Waals surface area contributed by atoms with Gasteiger partial charge < -0.3 is 0 Å². The SMILES string of the molecule is N#C/C(=C\c1csc(-c2ccc(Cl)cc2)n1)c1nc2ccccc2s1. The average Bonchev–Trinajstić information content (AvgIpc) is 3.27. The van der Waals surface area contributed by atoms with E-state index in [-0.39, 0.29) is 0 Å². The monoisotopic (exact) mass is 379 g/mol. The van der Waals surface area contributed by atoms with Crippen LogP contribution in [0.1, 0.15) is 10.7 Å². The molecule has 25 heavy (non-hydrogen) atoms. The smallest absolute Gasteiger partial charge is 0.135 e. The Labute approximate surface area is 157 Å². The van der Waals surface area contributed by atoms with Crippen LogP contribution in [-0.2, 0) is 0 Å². The van der Waals surface area contributed by atoms with Gasteiger partial charge in [0, 0.05) is 16.0 Å². The summed E-state index contributed by atoms with van der Waals surface area (Å²) in [6.45, 7) is 0. The van der Waals surface area contributed by atoms with Gasteiger partial charge in [-0.3, -0.25) is 0 Å². The predicted octanol–water partition coefficient (Wildman–Crippen LogP) is 6.14. The standard InChI is InChI=1S/C19H10ClN3S2/c20-14-7-5-12(6-8-14)18-22-15(11-24-18)9-13(10-21)19-23-16-3-1-2-4-17(16)25-19/h1-9,11H/b13-9+. The number of rotatable bonds is 3. The zero-order chi connectivity index (χ0) is 17.2. The summed E-state index contributed by atoms with van der Waals surface area (Å²) in [6.07, 6.45) is 1.79. The number of nitrogens with zero attached hydrogens (tertiary/aromatic N) is 3. The molecule has 0 saturated carbocycles. The molecular weight excluding hydrogens is 370 g/mol. The first kappa shape index (κ1) is 16.0. The lowest BCUT2D eigenvalue weighted by Crippen LogP contribution is -1.81. The van der Waals surface area contributed by atoms with E-state index >= 15 is 0 Å². The number of para-hydroxylation sites is 1. The van der Waals surface area contributed by atoms with Crippen molar-refractivity contribution in [3.8, 4) is 16.6 Å². The van der Waals surface area contributed by atoms with Crippen LogP contribution >= 0.6 is 34.3 Å². The minimum absolute atomic E-state index is 0.522. The maximum absolute atomic E-state index is 9.53. The van der Waals surface area contributed by atoms with Crippen LogP contribution < -0.4 is 0 Å². The van der Waals surface area contributed by atoms with Crippen LogP contribution in [0, 0.1) is 11.3 Å². The maximum atomic E-state index is 9.53. The highest BCUT2D eigenvalue weighted by Gasteiger charge is 2.10. The van der Waals surface area contributed by atoms with E-state index in [2.05, 4.69) is 16.0 Å². The zero-order valence-corrected chi connectivity index (χ0v) is 15.2. The summed E-state index contributed by atoms with van der Waals surface area (Å²) in [5, 5.41) is 13.8. The van der Waals surface area contributed by atoms with Gasteiger partial charge in [-0.1, -0.05) is 35.9 Å². The van der Waals surface area contributed by atoms with Gasteiger partial charge in [-0.25, -0.2) is 9.97 Å². The zero-order valence-electron chi connectivity index (χ0n) is 12.8. The molecule has 4 rings (SSSR count). The number of thiazole rings is 2. The van der Waals surface area contributed by atoms with Crippen molar-refractivity contribution in [3.63, 3.8) is 0 Å². The van der Waals surface area contributed by atoms with Crippen molar-refractivity contribution in [2.24, 2.45) is 0 Å². The second kappa shape index (κ2) is 6.77. The van der Waals surface area contributed by atoms with Crippen LogP contribution in [0.4, 0.5) is 0 Å². The summed E-state index contributed by atoms with van der Waals surface area (Å²) in [7, 11) is 0. The third-order valence-corrected chi connectivity index (χ3v) is 5.78. The van der Waals surface area contributed by atoms with E-state index in [0.717, 1.165) is 26.5 Å². The minimum Gasteiger partial charge on any atom is -0.237 e. The highest BCUT2D eigenvalue weighted by atomic mass is 35.5. The topological polar surface area (TPSA) is 49.6 Å². The highest BCUT2D eigenvalue weighted by molar-refractivity contribution is 7.19. The summed E-state index contributed by atoms with van der Waals surface area (Å²) in [5.41, 5.74) is 3.19. The Kier molecular flexibility index (Phi) is 4.33. The number of benzene rings is 2. The van der Waals surface area contributed by atoms with Crippen molar-refractivity contribution in [3.05, 3.63) is 69.6 Å². The molecular formula is C19H10ClN3S2. The van der Waals surface area contributed by atoms with Crippen molar-refractivity contribution < 1.29 is 0 Å². The first-order valence-electron chi connectivity index (χ1n) is 7.42. The van der Waals surface area contributed by atoms with Crippen LogP contribution in [0.2, 0.25) is 5.02 Å². The number of fused-ring (bicyclic) bond motifs is 1. The molecule has 4 aromatic rings. The van der Waals surface area contributed by atoms with Crippen molar-refractivity contribution in [2.75, 3.05) is 0 Å². The van der Waals surface area contributed by atoms with Gasteiger partial charge in [0.05, 0.1) is 21.5 Å². The van der Waals surface area contributed by atoms with Crippen LogP contribution in [0.15, 0.2) is 53.9 Å². The normalized spacial score (nSPS) is 11.6. The number of nitriles is 1. The van der Waals surface area contributed by atoms with Gasteiger partial charge in [-0.15, -0.1) is 22.7 Å². The summed E-state index contributed by atoms with van der Waals surface area (Å²) in [4.78, 5) is 9.15. The van der Waals surface area contributed by atoms with E-state index in [0.29, 0.717) is 15.6 Å². The van der Waals surface area contributed by atoms with Crippen molar-refractivity contribution in [2.45, 2.75) is 0 Å². The Morgan fingerprint density at radius 1 is 1.08 bits per heavy atom. The fourth-order valence-corrected chi connectivity index (χ4v) is 4.20. The number of halogens is 1. The van der Waals surface area contributed by atoms with Gasteiger partial charge in [-0.2, -0.15) is 5.26 Å². The largest absolute Gasteiger partial charge is 0.237 e. The maximum Gasteiger partial charge on any atom is 0.135 e. The molecule has 3 nitrogen and oxygen atoms in total. The van der Waals surface area contributed by atoms with E-state index in [1.165, 1.54) is 22.7 Å².